The van der Waals surface area contributed by atoms with Gasteiger partial charge in [0.1, 0.15) is 5.75 Å². The summed E-state index contributed by atoms with van der Waals surface area (Å²) in [5, 5.41) is 9.67. The summed E-state index contributed by atoms with van der Waals surface area (Å²) in [5.41, 5.74) is 2.20. The average molecular weight is 354 g/mol. The van der Waals surface area contributed by atoms with Crippen molar-refractivity contribution in [2.24, 2.45) is 5.92 Å². The molecule has 1 saturated heterocycles. The number of hydrogen-bond donors (Lipinski definition) is 1. The van der Waals surface area contributed by atoms with Gasteiger partial charge >= 0.3 is 5.97 Å². The van der Waals surface area contributed by atoms with Crippen LogP contribution in [0.1, 0.15) is 34.5 Å². The number of carboxylic acid groups (broad SMARTS) is 1. The number of pyridine rings is 1. The Bertz CT molecular complexity index is 821. The second-order valence-corrected chi connectivity index (χ2v) is 6.39. The summed E-state index contributed by atoms with van der Waals surface area (Å²) < 4.78 is 5.39. The highest BCUT2D eigenvalue weighted by Gasteiger charge is 2.41. The number of ether oxygens (including phenoxy) is 1. The van der Waals surface area contributed by atoms with E-state index in [2.05, 4.69) is 4.98 Å². The summed E-state index contributed by atoms with van der Waals surface area (Å²) in [6.45, 7) is 2.51. The molecule has 2 heterocycles. The number of carbonyl (C=O) groups is 2. The third-order valence-corrected chi connectivity index (χ3v) is 4.89. The molecule has 26 heavy (non-hydrogen) atoms. The number of para-hydroxylation sites is 1. The molecule has 1 fully saturated rings. The molecule has 1 aromatic carbocycles. The van der Waals surface area contributed by atoms with Gasteiger partial charge in [0.2, 0.25) is 0 Å². The molecule has 6 heteroatoms. The van der Waals surface area contributed by atoms with Crippen molar-refractivity contribution >= 4 is 11.9 Å². The second-order valence-electron chi connectivity index (χ2n) is 6.39. The van der Waals surface area contributed by atoms with Crippen molar-refractivity contribution < 1.29 is 19.4 Å². The van der Waals surface area contributed by atoms with Crippen molar-refractivity contribution in [3.05, 3.63) is 59.4 Å². The topological polar surface area (TPSA) is 79.7 Å². The Morgan fingerprint density at radius 2 is 2.04 bits per heavy atom. The Balaban J connectivity index is 1.89. The highest BCUT2D eigenvalue weighted by atomic mass is 16.5. The predicted octanol–water partition coefficient (Wildman–Crippen LogP) is 2.59. The van der Waals surface area contributed by atoms with Gasteiger partial charge in [0.05, 0.1) is 13.0 Å². The Hall–Kier alpha value is -2.89. The third kappa shape index (κ3) is 3.40. The minimum Gasteiger partial charge on any atom is -0.496 e. The van der Waals surface area contributed by atoms with E-state index in [0.29, 0.717) is 17.9 Å². The molecule has 0 aliphatic carbocycles. The number of hydrogen-bond acceptors (Lipinski definition) is 4. The van der Waals surface area contributed by atoms with Crippen molar-refractivity contribution in [3.63, 3.8) is 0 Å². The van der Waals surface area contributed by atoms with E-state index in [9.17, 15) is 14.7 Å². The SMILES string of the molecule is CCc1cc(C(=O)N2C[C@H](C(=O)O)[C@@H](c3ccccc3OC)C2)ccn1. The van der Waals surface area contributed by atoms with Gasteiger partial charge in [-0.1, -0.05) is 25.1 Å². The molecular weight excluding hydrogens is 332 g/mol. The maximum Gasteiger partial charge on any atom is 0.308 e. The van der Waals surface area contributed by atoms with Gasteiger partial charge in [-0.2, -0.15) is 0 Å². The molecule has 2 atom stereocenters. The van der Waals surface area contributed by atoms with Gasteiger partial charge in [-0.05, 0) is 30.2 Å². The molecule has 0 unspecified atom stereocenters. The number of aliphatic carboxylic acids is 1. The molecule has 0 bridgehead atoms. The molecular formula is C20H22N2O4. The fraction of sp³-hybridized carbons (Fsp3) is 0.350. The van der Waals surface area contributed by atoms with Gasteiger partial charge in [-0.25, -0.2) is 0 Å². The molecule has 1 aromatic heterocycles. The zero-order valence-corrected chi connectivity index (χ0v) is 14.9. The zero-order chi connectivity index (χ0) is 18.7. The van der Waals surface area contributed by atoms with Gasteiger partial charge in [0.15, 0.2) is 0 Å². The summed E-state index contributed by atoms with van der Waals surface area (Å²) in [6.07, 6.45) is 2.36. The van der Waals surface area contributed by atoms with Gasteiger partial charge in [0.25, 0.3) is 5.91 Å². The number of methoxy groups -OCH3 is 1. The van der Waals surface area contributed by atoms with E-state index in [4.69, 9.17) is 4.74 Å². The smallest absolute Gasteiger partial charge is 0.308 e. The van der Waals surface area contributed by atoms with Crippen LogP contribution in [0.25, 0.3) is 0 Å². The largest absolute Gasteiger partial charge is 0.496 e. The fourth-order valence-electron chi connectivity index (χ4n) is 3.49. The zero-order valence-electron chi connectivity index (χ0n) is 14.9. The summed E-state index contributed by atoms with van der Waals surface area (Å²) in [6, 6.07) is 10.8. The highest BCUT2D eigenvalue weighted by Crippen LogP contribution is 2.38. The van der Waals surface area contributed by atoms with Crippen LogP contribution < -0.4 is 4.74 Å². The molecule has 6 nitrogen and oxygen atoms in total. The first-order chi connectivity index (χ1) is 12.5. The number of rotatable bonds is 5. The van der Waals surface area contributed by atoms with E-state index in [1.165, 1.54) is 0 Å². The molecule has 1 aliphatic heterocycles. The number of benzene rings is 1. The number of carbonyl (C=O) groups excluding carboxylic acids is 1. The first-order valence-corrected chi connectivity index (χ1v) is 8.65. The minimum atomic E-state index is -0.903. The monoisotopic (exact) mass is 354 g/mol. The summed E-state index contributed by atoms with van der Waals surface area (Å²) in [5.74, 6) is -1.39. The molecule has 1 amide bonds. The van der Waals surface area contributed by atoms with Crippen LogP contribution in [0.15, 0.2) is 42.6 Å². The predicted molar refractivity (Wildman–Crippen MR) is 96.4 cm³/mol. The Morgan fingerprint density at radius 1 is 1.27 bits per heavy atom. The van der Waals surface area contributed by atoms with Gasteiger partial charge in [0, 0.05) is 36.5 Å². The lowest BCUT2D eigenvalue weighted by atomic mass is 9.88. The van der Waals surface area contributed by atoms with Crippen LogP contribution in [-0.2, 0) is 11.2 Å². The van der Waals surface area contributed by atoms with E-state index in [1.54, 1.807) is 30.3 Å². The number of nitrogens with zero attached hydrogens (tertiary/aromatic N) is 2. The first-order valence-electron chi connectivity index (χ1n) is 8.65. The third-order valence-electron chi connectivity index (χ3n) is 4.89. The maximum absolute atomic E-state index is 12.9. The van der Waals surface area contributed by atoms with Crippen LogP contribution in [0.3, 0.4) is 0 Å². The average Bonchev–Trinajstić information content (AvgIpc) is 3.13. The number of aromatic nitrogens is 1. The summed E-state index contributed by atoms with van der Waals surface area (Å²) in [7, 11) is 1.57. The van der Waals surface area contributed by atoms with Crippen LogP contribution in [0.5, 0.6) is 5.75 Å². The van der Waals surface area contributed by atoms with E-state index in [1.807, 2.05) is 31.2 Å². The number of likely N-dealkylation sites (tertiary alicyclic amines) is 1. The molecule has 1 N–H and O–H groups in total. The maximum atomic E-state index is 12.9. The second kappa shape index (κ2) is 7.56. The van der Waals surface area contributed by atoms with Crippen LogP contribution in [0.2, 0.25) is 0 Å². The first kappa shape index (κ1) is 17.9. The van der Waals surface area contributed by atoms with Gasteiger partial charge in [-0.15, -0.1) is 0 Å². The molecule has 1 aliphatic rings. The summed E-state index contributed by atoms with van der Waals surface area (Å²) >= 11 is 0. The van der Waals surface area contributed by atoms with Crippen LogP contribution in [-0.4, -0.2) is 47.1 Å². The minimum absolute atomic E-state index is 0.161. The molecule has 0 radical (unpaired) electrons. The number of carboxylic acids is 1. The molecule has 2 aromatic rings. The highest BCUT2D eigenvalue weighted by molar-refractivity contribution is 5.95. The molecule has 0 spiro atoms. The standard InChI is InChI=1S/C20H22N2O4/c1-3-14-10-13(8-9-21-14)19(23)22-11-16(17(12-22)20(24)25)15-6-4-5-7-18(15)26-2/h4-10,16-17H,3,11-12H2,1-2H3,(H,24,25)/t16-,17+/m1/s1. The van der Waals surface area contributed by atoms with Crippen molar-refractivity contribution in [2.45, 2.75) is 19.3 Å². The van der Waals surface area contributed by atoms with E-state index in [-0.39, 0.29) is 18.4 Å². The van der Waals surface area contributed by atoms with Crippen LogP contribution >= 0.6 is 0 Å². The van der Waals surface area contributed by atoms with Crippen LogP contribution in [0, 0.1) is 5.92 Å². The lowest BCUT2D eigenvalue weighted by Crippen LogP contribution is -2.30. The van der Waals surface area contributed by atoms with E-state index in [0.717, 1.165) is 17.7 Å². The quantitative estimate of drug-likeness (QED) is 0.893. The molecule has 136 valence electrons. The number of amides is 1. The van der Waals surface area contributed by atoms with Crippen molar-refractivity contribution in [3.8, 4) is 5.75 Å². The molecule has 3 rings (SSSR count). The lowest BCUT2D eigenvalue weighted by molar-refractivity contribution is -0.141. The van der Waals surface area contributed by atoms with Crippen molar-refractivity contribution in [1.29, 1.82) is 0 Å². The fourth-order valence-corrected chi connectivity index (χ4v) is 3.49. The Morgan fingerprint density at radius 3 is 2.73 bits per heavy atom. The van der Waals surface area contributed by atoms with E-state index >= 15 is 0 Å². The molecule has 0 saturated carbocycles. The van der Waals surface area contributed by atoms with Gasteiger partial charge < -0.3 is 14.7 Å². The van der Waals surface area contributed by atoms with Gasteiger partial charge in [-0.3, -0.25) is 14.6 Å². The van der Waals surface area contributed by atoms with E-state index < -0.39 is 11.9 Å². The number of aryl methyl sites for hydroxylation is 1. The Labute approximate surface area is 152 Å². The Kier molecular flexibility index (Phi) is 5.21. The van der Waals surface area contributed by atoms with Crippen molar-refractivity contribution in [2.75, 3.05) is 20.2 Å². The lowest BCUT2D eigenvalue weighted by Gasteiger charge is -2.18. The normalized spacial score (nSPS) is 19.4. The summed E-state index contributed by atoms with van der Waals surface area (Å²) in [4.78, 5) is 30.5. The van der Waals surface area contributed by atoms with Crippen molar-refractivity contribution in [1.82, 2.24) is 9.88 Å². The van der Waals surface area contributed by atoms with Crippen LogP contribution in [0.4, 0.5) is 0 Å².